The molecule has 31 heavy (non-hydrogen) atoms. The first-order valence-corrected chi connectivity index (χ1v) is 13.3. The summed E-state index contributed by atoms with van der Waals surface area (Å²) in [5, 5.41) is 1.22. The van der Waals surface area contributed by atoms with Crippen LogP contribution in [0.3, 0.4) is 0 Å². The average Bonchev–Trinajstić information content (AvgIpc) is 3.50. The third-order valence-electron chi connectivity index (χ3n) is 6.84. The largest absolute Gasteiger partial charge is 0.376 e. The van der Waals surface area contributed by atoms with E-state index in [4.69, 9.17) is 9.72 Å². The molecule has 4 heterocycles. The third kappa shape index (κ3) is 4.18. The second kappa shape index (κ2) is 8.87. The Bertz CT molecular complexity index is 1030. The molecule has 6 nitrogen and oxygen atoms in total. The standard InChI is InChI=1S/C23H31N3O3S2/c1-14-7-8-17-18(12-14)31-20-19(17)22(28)26(13-16-6-5-11-29-16)23(24-20)30-15(2)21(27)25-9-3-4-10-25/h14-16H,3-13H2,1-2H3. The van der Waals surface area contributed by atoms with Gasteiger partial charge in [0.25, 0.3) is 5.56 Å². The Hall–Kier alpha value is -1.38. The number of aryl methyl sites for hydroxylation is 1. The van der Waals surface area contributed by atoms with Crippen LogP contribution in [0, 0.1) is 5.92 Å². The Morgan fingerprint density at radius 1 is 1.29 bits per heavy atom. The molecule has 0 spiro atoms. The lowest BCUT2D eigenvalue weighted by atomic mass is 9.89. The number of rotatable bonds is 5. The van der Waals surface area contributed by atoms with Crippen LogP contribution in [0.2, 0.25) is 0 Å². The van der Waals surface area contributed by atoms with E-state index in [-0.39, 0.29) is 22.8 Å². The second-order valence-electron chi connectivity index (χ2n) is 9.27. The van der Waals surface area contributed by atoms with E-state index in [9.17, 15) is 9.59 Å². The molecule has 2 aromatic heterocycles. The number of carbonyl (C=O) groups is 1. The summed E-state index contributed by atoms with van der Waals surface area (Å²) in [6.07, 6.45) is 7.34. The fourth-order valence-electron chi connectivity index (χ4n) is 5.05. The van der Waals surface area contributed by atoms with E-state index < -0.39 is 0 Å². The van der Waals surface area contributed by atoms with Crippen molar-refractivity contribution in [3.8, 4) is 0 Å². The molecule has 3 unspecified atom stereocenters. The number of hydrogen-bond donors (Lipinski definition) is 0. The fraction of sp³-hybridized carbons (Fsp3) is 0.696. The van der Waals surface area contributed by atoms with E-state index in [1.54, 1.807) is 11.3 Å². The number of hydrogen-bond acceptors (Lipinski definition) is 6. The van der Waals surface area contributed by atoms with Crippen molar-refractivity contribution in [2.75, 3.05) is 19.7 Å². The Morgan fingerprint density at radius 2 is 2.10 bits per heavy atom. The van der Waals surface area contributed by atoms with Crippen LogP contribution in [-0.2, 0) is 28.9 Å². The monoisotopic (exact) mass is 461 g/mol. The van der Waals surface area contributed by atoms with Gasteiger partial charge >= 0.3 is 0 Å². The first kappa shape index (κ1) is 21.5. The molecule has 3 atom stereocenters. The maximum Gasteiger partial charge on any atom is 0.263 e. The van der Waals surface area contributed by atoms with E-state index >= 15 is 0 Å². The molecule has 2 fully saturated rings. The van der Waals surface area contributed by atoms with Gasteiger partial charge in [0, 0.05) is 24.6 Å². The molecule has 8 heteroatoms. The molecule has 3 aliphatic rings. The highest BCUT2D eigenvalue weighted by Crippen LogP contribution is 2.37. The summed E-state index contributed by atoms with van der Waals surface area (Å²) in [4.78, 5) is 35.7. The van der Waals surface area contributed by atoms with Gasteiger partial charge in [0.2, 0.25) is 5.91 Å². The van der Waals surface area contributed by atoms with Crippen LogP contribution >= 0.6 is 23.1 Å². The number of amides is 1. The van der Waals surface area contributed by atoms with Crippen molar-refractivity contribution in [1.29, 1.82) is 0 Å². The molecule has 0 aromatic carbocycles. The van der Waals surface area contributed by atoms with Crippen LogP contribution < -0.4 is 5.56 Å². The van der Waals surface area contributed by atoms with E-state index in [0.717, 1.165) is 74.9 Å². The number of ether oxygens (including phenoxy) is 1. The van der Waals surface area contributed by atoms with Gasteiger partial charge in [0.15, 0.2) is 5.16 Å². The van der Waals surface area contributed by atoms with Gasteiger partial charge < -0.3 is 9.64 Å². The topological polar surface area (TPSA) is 64.4 Å². The molecule has 2 saturated heterocycles. The molecule has 168 valence electrons. The minimum absolute atomic E-state index is 0.0513. The summed E-state index contributed by atoms with van der Waals surface area (Å²) in [7, 11) is 0. The van der Waals surface area contributed by atoms with E-state index in [2.05, 4.69) is 6.92 Å². The Labute approximate surface area is 191 Å². The third-order valence-corrected chi connectivity index (χ3v) is 9.06. The summed E-state index contributed by atoms with van der Waals surface area (Å²) in [5.74, 6) is 0.807. The quantitative estimate of drug-likeness (QED) is 0.500. The SMILES string of the molecule is CC1CCc2c(sc3nc(SC(C)C(=O)N4CCCC4)n(CC4CCCO4)c(=O)c23)C1. The zero-order valence-electron chi connectivity index (χ0n) is 18.4. The van der Waals surface area contributed by atoms with Gasteiger partial charge in [0.05, 0.1) is 23.3 Å². The lowest BCUT2D eigenvalue weighted by Crippen LogP contribution is -2.35. The summed E-state index contributed by atoms with van der Waals surface area (Å²) < 4.78 is 7.66. The zero-order chi connectivity index (χ0) is 21.5. The predicted molar refractivity (Wildman–Crippen MR) is 125 cm³/mol. The van der Waals surface area contributed by atoms with Crippen LogP contribution in [0.15, 0.2) is 9.95 Å². The molecular formula is C23H31N3O3S2. The number of nitrogens with zero attached hydrogens (tertiary/aromatic N) is 3. The van der Waals surface area contributed by atoms with Gasteiger partial charge in [0.1, 0.15) is 4.83 Å². The minimum Gasteiger partial charge on any atom is -0.376 e. The van der Waals surface area contributed by atoms with Crippen molar-refractivity contribution in [2.24, 2.45) is 5.92 Å². The van der Waals surface area contributed by atoms with Crippen LogP contribution in [0.1, 0.15) is 56.4 Å². The number of fused-ring (bicyclic) bond motifs is 3. The molecule has 0 N–H and O–H groups in total. The van der Waals surface area contributed by atoms with Crippen LogP contribution in [0.25, 0.3) is 10.2 Å². The van der Waals surface area contributed by atoms with Crippen molar-refractivity contribution in [3.05, 3.63) is 20.8 Å². The van der Waals surface area contributed by atoms with Gasteiger partial charge in [-0.2, -0.15) is 0 Å². The molecule has 0 bridgehead atoms. The predicted octanol–water partition coefficient (Wildman–Crippen LogP) is 3.86. The minimum atomic E-state index is -0.257. The number of thioether (sulfide) groups is 1. The molecule has 1 amide bonds. The second-order valence-corrected chi connectivity index (χ2v) is 11.7. The molecule has 2 aliphatic heterocycles. The average molecular weight is 462 g/mol. The van der Waals surface area contributed by atoms with Crippen molar-refractivity contribution in [1.82, 2.24) is 14.5 Å². The van der Waals surface area contributed by atoms with Crippen molar-refractivity contribution >= 4 is 39.2 Å². The first-order chi connectivity index (χ1) is 15.0. The lowest BCUT2D eigenvalue weighted by molar-refractivity contribution is -0.129. The lowest BCUT2D eigenvalue weighted by Gasteiger charge is -2.22. The summed E-state index contributed by atoms with van der Waals surface area (Å²) in [6, 6.07) is 0. The highest BCUT2D eigenvalue weighted by atomic mass is 32.2. The molecule has 2 aromatic rings. The number of thiophene rings is 1. The first-order valence-electron chi connectivity index (χ1n) is 11.6. The smallest absolute Gasteiger partial charge is 0.263 e. The highest BCUT2D eigenvalue weighted by Gasteiger charge is 2.29. The highest BCUT2D eigenvalue weighted by molar-refractivity contribution is 8.00. The Kier molecular flexibility index (Phi) is 6.14. The van der Waals surface area contributed by atoms with Crippen molar-refractivity contribution in [2.45, 2.75) is 81.8 Å². The molecule has 1 aliphatic carbocycles. The van der Waals surface area contributed by atoms with E-state index in [1.807, 2.05) is 16.4 Å². The summed E-state index contributed by atoms with van der Waals surface area (Å²) >= 11 is 3.12. The zero-order valence-corrected chi connectivity index (χ0v) is 20.0. The van der Waals surface area contributed by atoms with Gasteiger partial charge in [-0.15, -0.1) is 11.3 Å². The molecular weight excluding hydrogens is 430 g/mol. The molecule has 0 radical (unpaired) electrons. The Balaban J connectivity index is 1.53. The number of carbonyl (C=O) groups excluding carboxylic acids is 1. The molecule has 5 rings (SSSR count). The maximum atomic E-state index is 13.7. The van der Waals surface area contributed by atoms with Crippen molar-refractivity contribution in [3.63, 3.8) is 0 Å². The van der Waals surface area contributed by atoms with Crippen LogP contribution in [0.4, 0.5) is 0 Å². The van der Waals surface area contributed by atoms with E-state index in [1.165, 1.54) is 22.2 Å². The van der Waals surface area contributed by atoms with E-state index in [0.29, 0.717) is 17.6 Å². The van der Waals surface area contributed by atoms with Crippen molar-refractivity contribution < 1.29 is 9.53 Å². The van der Waals surface area contributed by atoms with Crippen LogP contribution in [-0.4, -0.2) is 51.4 Å². The summed E-state index contributed by atoms with van der Waals surface area (Å²) in [5.41, 5.74) is 1.27. The maximum absolute atomic E-state index is 13.7. The molecule has 0 saturated carbocycles. The van der Waals surface area contributed by atoms with Gasteiger partial charge in [-0.05, 0) is 63.4 Å². The van der Waals surface area contributed by atoms with Gasteiger partial charge in [-0.3, -0.25) is 14.2 Å². The Morgan fingerprint density at radius 3 is 2.84 bits per heavy atom. The number of likely N-dealkylation sites (tertiary alicyclic amines) is 1. The fourth-order valence-corrected chi connectivity index (χ4v) is 7.48. The van der Waals surface area contributed by atoms with Gasteiger partial charge in [-0.25, -0.2) is 4.98 Å². The van der Waals surface area contributed by atoms with Crippen LogP contribution in [0.5, 0.6) is 0 Å². The normalized spacial score (nSPS) is 24.6. The summed E-state index contributed by atoms with van der Waals surface area (Å²) in [6.45, 7) is 7.19. The number of aromatic nitrogens is 2. The van der Waals surface area contributed by atoms with Gasteiger partial charge in [-0.1, -0.05) is 18.7 Å².